The van der Waals surface area contributed by atoms with E-state index in [1.54, 1.807) is 6.92 Å². The number of ketones is 1. The first kappa shape index (κ1) is 13.1. The Bertz CT molecular complexity index is 223. The molecule has 1 saturated heterocycles. The van der Waals surface area contributed by atoms with Gasteiger partial charge in [0.25, 0.3) is 0 Å². The Morgan fingerprint density at radius 3 is 2.53 bits per heavy atom. The molecule has 0 spiro atoms. The first-order valence-corrected chi connectivity index (χ1v) is 7.09. The second-order valence-electron chi connectivity index (χ2n) is 5.57. The van der Waals surface area contributed by atoms with Gasteiger partial charge in [-0.1, -0.05) is 27.2 Å². The molecule has 0 aromatic carbocycles. The third-order valence-corrected chi connectivity index (χ3v) is 5.71. The Morgan fingerprint density at radius 2 is 2.07 bits per heavy atom. The van der Waals surface area contributed by atoms with Crippen LogP contribution in [-0.4, -0.2) is 16.8 Å². The van der Waals surface area contributed by atoms with Crippen molar-refractivity contribution in [3.8, 4) is 0 Å². The Morgan fingerprint density at radius 1 is 1.40 bits per heavy atom. The summed E-state index contributed by atoms with van der Waals surface area (Å²) in [6.45, 7) is 8.83. The molecule has 1 heterocycles. The van der Waals surface area contributed by atoms with Gasteiger partial charge in [-0.15, -0.1) is 0 Å². The molecule has 88 valence electrons. The van der Waals surface area contributed by atoms with Gasteiger partial charge in [-0.05, 0) is 36.9 Å². The zero-order chi connectivity index (χ0) is 11.5. The van der Waals surface area contributed by atoms with Gasteiger partial charge in [-0.25, -0.2) is 0 Å². The van der Waals surface area contributed by atoms with Crippen molar-refractivity contribution in [1.82, 2.24) is 0 Å². The van der Waals surface area contributed by atoms with Gasteiger partial charge in [-0.3, -0.25) is 0 Å². The molecule has 0 amide bonds. The topological polar surface area (TPSA) is 17.1 Å². The molecule has 1 fully saturated rings. The van der Waals surface area contributed by atoms with E-state index in [0.29, 0.717) is 11.2 Å². The first-order chi connectivity index (χ1) is 6.93. The molecule has 1 aliphatic rings. The van der Waals surface area contributed by atoms with Gasteiger partial charge < -0.3 is 4.79 Å². The predicted molar refractivity (Wildman–Crippen MR) is 68.3 cm³/mol. The molecule has 0 radical (unpaired) electrons. The highest BCUT2D eigenvalue weighted by molar-refractivity contribution is 8.00. The highest BCUT2D eigenvalue weighted by Crippen LogP contribution is 2.47. The van der Waals surface area contributed by atoms with Crippen molar-refractivity contribution >= 4 is 17.5 Å². The van der Waals surface area contributed by atoms with Crippen LogP contribution in [-0.2, 0) is 4.79 Å². The Hall–Kier alpha value is 0.0200. The Labute approximate surface area is 98.4 Å². The molecule has 15 heavy (non-hydrogen) atoms. The monoisotopic (exact) mass is 228 g/mol. The zero-order valence-electron chi connectivity index (χ0n) is 10.5. The number of carbonyl (C=O) groups is 1. The summed E-state index contributed by atoms with van der Waals surface area (Å²) in [6, 6.07) is 0. The minimum absolute atomic E-state index is 0.336. The van der Waals surface area contributed by atoms with Crippen molar-refractivity contribution in [3.63, 3.8) is 0 Å². The summed E-state index contributed by atoms with van der Waals surface area (Å²) in [7, 11) is 0. The van der Waals surface area contributed by atoms with Crippen molar-refractivity contribution in [1.29, 1.82) is 0 Å². The summed E-state index contributed by atoms with van der Waals surface area (Å²) in [5.74, 6) is 2.45. The highest BCUT2D eigenvalue weighted by atomic mass is 32.2. The fourth-order valence-corrected chi connectivity index (χ4v) is 4.05. The molecule has 0 bridgehead atoms. The van der Waals surface area contributed by atoms with Crippen molar-refractivity contribution in [2.75, 3.05) is 5.75 Å². The van der Waals surface area contributed by atoms with Crippen molar-refractivity contribution in [2.24, 2.45) is 11.3 Å². The molecule has 0 aromatic rings. The Kier molecular flexibility index (Phi) is 4.69. The second kappa shape index (κ2) is 5.38. The van der Waals surface area contributed by atoms with E-state index in [-0.39, 0.29) is 0 Å². The molecule has 2 heteroatoms. The van der Waals surface area contributed by atoms with E-state index in [1.807, 2.05) is 0 Å². The number of unbranched alkanes of at least 4 members (excludes halogenated alkanes) is 1. The molecule has 1 nitrogen and oxygen atoms in total. The SMILES string of the molecule is CC(=O)CCCCC1SCC(C)(C)[C@@H]1C. The van der Waals surface area contributed by atoms with Gasteiger partial charge >= 0.3 is 0 Å². The fourth-order valence-electron chi connectivity index (χ4n) is 2.15. The average Bonchev–Trinajstić information content (AvgIpc) is 2.38. The number of carbonyl (C=O) groups excluding carboxylic acids is 1. The normalized spacial score (nSPS) is 29.3. The van der Waals surface area contributed by atoms with E-state index in [1.165, 1.54) is 18.6 Å². The maximum Gasteiger partial charge on any atom is 0.129 e. The van der Waals surface area contributed by atoms with Crippen LogP contribution in [0.1, 0.15) is 53.4 Å². The number of Topliss-reactive ketones (excluding diaryl/α,β-unsaturated/α-hetero) is 1. The summed E-state index contributed by atoms with van der Waals surface area (Å²) in [4.78, 5) is 10.8. The number of hydrogen-bond acceptors (Lipinski definition) is 2. The van der Waals surface area contributed by atoms with Gasteiger partial charge in [0.2, 0.25) is 0 Å². The number of rotatable bonds is 5. The summed E-state index contributed by atoms with van der Waals surface area (Å²) >= 11 is 2.13. The smallest absolute Gasteiger partial charge is 0.129 e. The molecular formula is C13H24OS. The lowest BCUT2D eigenvalue weighted by Crippen LogP contribution is -2.23. The van der Waals surface area contributed by atoms with Crippen LogP contribution in [0.3, 0.4) is 0 Å². The van der Waals surface area contributed by atoms with Crippen LogP contribution >= 0.6 is 11.8 Å². The van der Waals surface area contributed by atoms with E-state index in [2.05, 4.69) is 32.5 Å². The molecule has 2 atom stereocenters. The first-order valence-electron chi connectivity index (χ1n) is 6.04. The van der Waals surface area contributed by atoms with Crippen LogP contribution in [0.5, 0.6) is 0 Å². The van der Waals surface area contributed by atoms with Crippen LogP contribution in [0.2, 0.25) is 0 Å². The molecule has 0 saturated carbocycles. The predicted octanol–water partition coefficient (Wildman–Crippen LogP) is 3.91. The van der Waals surface area contributed by atoms with Crippen LogP contribution < -0.4 is 0 Å². The van der Waals surface area contributed by atoms with Crippen molar-refractivity contribution in [2.45, 2.75) is 58.6 Å². The molecule has 1 rings (SSSR count). The molecule has 0 aliphatic carbocycles. The lowest BCUT2D eigenvalue weighted by atomic mass is 9.79. The summed E-state index contributed by atoms with van der Waals surface area (Å²) < 4.78 is 0. The number of thioether (sulfide) groups is 1. The van der Waals surface area contributed by atoms with Crippen molar-refractivity contribution < 1.29 is 4.79 Å². The number of hydrogen-bond donors (Lipinski definition) is 0. The van der Waals surface area contributed by atoms with Crippen LogP contribution in [0, 0.1) is 11.3 Å². The van der Waals surface area contributed by atoms with Crippen LogP contribution in [0.4, 0.5) is 0 Å². The zero-order valence-corrected chi connectivity index (χ0v) is 11.3. The lowest BCUT2D eigenvalue weighted by molar-refractivity contribution is -0.117. The fraction of sp³-hybridized carbons (Fsp3) is 0.923. The molecule has 1 unspecified atom stereocenters. The average molecular weight is 228 g/mol. The quantitative estimate of drug-likeness (QED) is 0.664. The highest BCUT2D eigenvalue weighted by Gasteiger charge is 2.38. The minimum atomic E-state index is 0.336. The van der Waals surface area contributed by atoms with Gasteiger partial charge in [0.1, 0.15) is 5.78 Å². The van der Waals surface area contributed by atoms with E-state index in [0.717, 1.165) is 24.0 Å². The molecule has 0 aromatic heterocycles. The standard InChI is InChI=1S/C13H24OS/c1-10(14)7-5-6-8-12-11(2)13(3,4)9-15-12/h11-12H,5-9H2,1-4H3/t11-,12?/m1/s1. The maximum absolute atomic E-state index is 10.8. The largest absolute Gasteiger partial charge is 0.300 e. The molecule has 1 aliphatic heterocycles. The van der Waals surface area contributed by atoms with Crippen LogP contribution in [0.15, 0.2) is 0 Å². The molecular weight excluding hydrogens is 204 g/mol. The van der Waals surface area contributed by atoms with Crippen molar-refractivity contribution in [3.05, 3.63) is 0 Å². The van der Waals surface area contributed by atoms with E-state index < -0.39 is 0 Å². The summed E-state index contributed by atoms with van der Waals surface area (Å²) in [5.41, 5.74) is 0.510. The minimum Gasteiger partial charge on any atom is -0.300 e. The second-order valence-corrected chi connectivity index (χ2v) is 6.80. The van der Waals surface area contributed by atoms with Crippen LogP contribution in [0.25, 0.3) is 0 Å². The summed E-state index contributed by atoms with van der Waals surface area (Å²) in [5, 5.41) is 0.826. The lowest BCUT2D eigenvalue weighted by Gasteiger charge is -2.25. The third kappa shape index (κ3) is 3.82. The summed E-state index contributed by atoms with van der Waals surface area (Å²) in [6.07, 6.45) is 4.37. The Balaban J connectivity index is 2.20. The van der Waals surface area contributed by atoms with Gasteiger partial charge in [0.15, 0.2) is 0 Å². The molecule has 0 N–H and O–H groups in total. The van der Waals surface area contributed by atoms with E-state index in [9.17, 15) is 4.79 Å². The maximum atomic E-state index is 10.8. The van der Waals surface area contributed by atoms with Gasteiger partial charge in [0.05, 0.1) is 0 Å². The van der Waals surface area contributed by atoms with Gasteiger partial charge in [0, 0.05) is 11.7 Å². The third-order valence-electron chi connectivity index (χ3n) is 3.73. The van der Waals surface area contributed by atoms with E-state index in [4.69, 9.17) is 0 Å². The van der Waals surface area contributed by atoms with E-state index >= 15 is 0 Å². The van der Waals surface area contributed by atoms with Gasteiger partial charge in [-0.2, -0.15) is 11.8 Å².